The van der Waals surface area contributed by atoms with Crippen LogP contribution in [0.2, 0.25) is 0 Å². The van der Waals surface area contributed by atoms with Crippen molar-refractivity contribution < 1.29 is 9.90 Å². The van der Waals surface area contributed by atoms with Crippen LogP contribution in [0.25, 0.3) is 0 Å². The second-order valence-corrected chi connectivity index (χ2v) is 10.6. The van der Waals surface area contributed by atoms with Gasteiger partial charge in [-0.3, -0.25) is 4.79 Å². The predicted octanol–water partition coefficient (Wildman–Crippen LogP) is 4.46. The van der Waals surface area contributed by atoms with Gasteiger partial charge < -0.3 is 10.0 Å². The summed E-state index contributed by atoms with van der Waals surface area (Å²) in [6.07, 6.45) is 10.7. The molecule has 4 saturated carbocycles. The molecule has 0 aliphatic heterocycles. The molecule has 0 bridgehead atoms. The van der Waals surface area contributed by atoms with E-state index < -0.39 is 0 Å². The van der Waals surface area contributed by atoms with E-state index in [1.54, 1.807) is 0 Å². The van der Waals surface area contributed by atoms with Gasteiger partial charge in [-0.1, -0.05) is 13.8 Å². The molecule has 3 nitrogen and oxygen atoms in total. The van der Waals surface area contributed by atoms with Crippen molar-refractivity contribution in [1.82, 2.24) is 4.90 Å². The van der Waals surface area contributed by atoms with E-state index in [0.29, 0.717) is 11.5 Å². The number of fused-ring (bicyclic) bond motifs is 5. The number of carbonyl (C=O) groups is 1. The molecule has 4 heteroatoms. The summed E-state index contributed by atoms with van der Waals surface area (Å²) in [7, 11) is 1.97. The number of hydrogen-bond donors (Lipinski definition) is 1. The Balaban J connectivity index is 1.57. The molecule has 4 aliphatic carbocycles. The maximum atomic E-state index is 12.2. The van der Waals surface area contributed by atoms with Crippen LogP contribution in [0.1, 0.15) is 71.6 Å². The highest BCUT2D eigenvalue weighted by molar-refractivity contribution is 6.27. The fourth-order valence-electron chi connectivity index (χ4n) is 8.11. The minimum absolute atomic E-state index is 0.0652. The third-order valence-electron chi connectivity index (χ3n) is 9.56. The molecule has 1 amide bonds. The van der Waals surface area contributed by atoms with Crippen molar-refractivity contribution >= 4 is 17.5 Å². The van der Waals surface area contributed by atoms with Crippen LogP contribution in [0.5, 0.6) is 0 Å². The zero-order valence-corrected chi connectivity index (χ0v) is 17.5. The van der Waals surface area contributed by atoms with Gasteiger partial charge in [0.15, 0.2) is 0 Å². The first-order valence-electron chi connectivity index (χ1n) is 10.8. The van der Waals surface area contributed by atoms with E-state index >= 15 is 0 Å². The molecule has 0 aromatic rings. The Bertz CT molecular complexity index is 568. The first-order valence-corrected chi connectivity index (χ1v) is 11.3. The Hall–Kier alpha value is -0.280. The molecule has 0 unspecified atom stereocenters. The minimum atomic E-state index is -0.0652. The van der Waals surface area contributed by atoms with Crippen LogP contribution in [0, 0.1) is 34.5 Å². The highest BCUT2D eigenvalue weighted by atomic mass is 35.5. The molecule has 8 atom stereocenters. The molecular weight excluding hydrogens is 346 g/mol. The highest BCUT2D eigenvalue weighted by Gasteiger charge is 2.60. The zero-order chi connectivity index (χ0) is 18.7. The molecule has 26 heavy (non-hydrogen) atoms. The SMILES string of the molecule is CN(C(=O)CCl)[C@@H]1CC[C@@H]2[C@@H]3CC[C@H]4C[C@H](O)CC[C@]4(C)[C@H]3CC[C@@]21C. The lowest BCUT2D eigenvalue weighted by Gasteiger charge is -2.61. The van der Waals surface area contributed by atoms with E-state index in [4.69, 9.17) is 11.6 Å². The number of alkyl halides is 1. The molecule has 4 rings (SSSR count). The van der Waals surface area contributed by atoms with Gasteiger partial charge in [-0.25, -0.2) is 0 Å². The highest BCUT2D eigenvalue weighted by Crippen LogP contribution is 2.66. The molecule has 0 radical (unpaired) electrons. The van der Waals surface area contributed by atoms with Crippen LogP contribution < -0.4 is 0 Å². The average Bonchev–Trinajstić information content (AvgIpc) is 2.98. The van der Waals surface area contributed by atoms with E-state index in [2.05, 4.69) is 13.8 Å². The van der Waals surface area contributed by atoms with Crippen molar-refractivity contribution in [3.8, 4) is 0 Å². The van der Waals surface area contributed by atoms with Crippen LogP contribution in [0.4, 0.5) is 0 Å². The number of nitrogens with zero attached hydrogens (tertiary/aromatic N) is 1. The summed E-state index contributed by atoms with van der Waals surface area (Å²) in [5.74, 6) is 3.28. The van der Waals surface area contributed by atoms with Gasteiger partial charge in [-0.05, 0) is 92.3 Å². The Kier molecular flexibility index (Phi) is 4.88. The van der Waals surface area contributed by atoms with Gasteiger partial charge in [0.1, 0.15) is 5.88 Å². The van der Waals surface area contributed by atoms with Crippen LogP contribution in [-0.2, 0) is 4.79 Å². The molecule has 0 saturated heterocycles. The normalized spacial score (nSPS) is 50.5. The molecule has 4 aliphatic rings. The van der Waals surface area contributed by atoms with Crippen LogP contribution in [-0.4, -0.2) is 41.0 Å². The number of aliphatic hydroxyl groups is 1. The molecular formula is C22H36ClNO2. The summed E-state index contributed by atoms with van der Waals surface area (Å²) >= 11 is 5.85. The molecule has 4 fully saturated rings. The second kappa shape index (κ2) is 6.65. The third kappa shape index (κ3) is 2.67. The lowest BCUT2D eigenvalue weighted by atomic mass is 9.45. The fraction of sp³-hybridized carbons (Fsp3) is 0.955. The molecule has 0 heterocycles. The summed E-state index contributed by atoms with van der Waals surface area (Å²) in [5, 5.41) is 10.2. The van der Waals surface area contributed by atoms with Gasteiger partial charge in [0, 0.05) is 13.1 Å². The van der Waals surface area contributed by atoms with Gasteiger partial charge in [-0.2, -0.15) is 0 Å². The Morgan fingerprint density at radius 3 is 2.46 bits per heavy atom. The number of halogens is 1. The van der Waals surface area contributed by atoms with Crippen molar-refractivity contribution in [2.75, 3.05) is 12.9 Å². The molecule has 0 aromatic carbocycles. The Morgan fingerprint density at radius 1 is 1.04 bits per heavy atom. The van der Waals surface area contributed by atoms with Crippen molar-refractivity contribution in [3.63, 3.8) is 0 Å². The topological polar surface area (TPSA) is 40.5 Å². The largest absolute Gasteiger partial charge is 0.393 e. The summed E-state index contributed by atoms with van der Waals surface area (Å²) in [6.45, 7) is 5.00. The van der Waals surface area contributed by atoms with Crippen LogP contribution >= 0.6 is 11.6 Å². The van der Waals surface area contributed by atoms with Crippen molar-refractivity contribution in [2.24, 2.45) is 34.5 Å². The maximum Gasteiger partial charge on any atom is 0.237 e. The van der Waals surface area contributed by atoms with E-state index in [9.17, 15) is 9.90 Å². The van der Waals surface area contributed by atoms with Crippen LogP contribution in [0.15, 0.2) is 0 Å². The van der Waals surface area contributed by atoms with E-state index in [1.165, 1.54) is 38.5 Å². The van der Waals surface area contributed by atoms with Gasteiger partial charge in [0.2, 0.25) is 5.91 Å². The number of aliphatic hydroxyl groups excluding tert-OH is 1. The summed E-state index contributed by atoms with van der Waals surface area (Å²) in [4.78, 5) is 14.2. The first-order chi connectivity index (χ1) is 12.3. The third-order valence-corrected chi connectivity index (χ3v) is 9.79. The minimum Gasteiger partial charge on any atom is -0.393 e. The lowest BCUT2D eigenvalue weighted by molar-refractivity contribution is -0.140. The Labute approximate surface area is 163 Å². The van der Waals surface area contributed by atoms with Gasteiger partial charge in [0.05, 0.1) is 6.10 Å². The Morgan fingerprint density at radius 2 is 1.73 bits per heavy atom. The zero-order valence-electron chi connectivity index (χ0n) is 16.7. The monoisotopic (exact) mass is 381 g/mol. The van der Waals surface area contributed by atoms with Gasteiger partial charge in [-0.15, -0.1) is 11.6 Å². The van der Waals surface area contributed by atoms with E-state index in [-0.39, 0.29) is 23.3 Å². The first kappa shape index (κ1) is 19.1. The number of hydrogen-bond acceptors (Lipinski definition) is 2. The van der Waals surface area contributed by atoms with E-state index in [0.717, 1.165) is 42.9 Å². The average molecular weight is 382 g/mol. The molecule has 0 aromatic heterocycles. The van der Waals surface area contributed by atoms with Crippen molar-refractivity contribution in [3.05, 3.63) is 0 Å². The fourth-order valence-corrected chi connectivity index (χ4v) is 8.30. The summed E-state index contributed by atoms with van der Waals surface area (Å²) < 4.78 is 0. The van der Waals surface area contributed by atoms with Crippen molar-refractivity contribution in [1.29, 1.82) is 0 Å². The summed E-state index contributed by atoms with van der Waals surface area (Å²) in [6, 6.07) is 0.360. The molecule has 0 spiro atoms. The van der Waals surface area contributed by atoms with E-state index in [1.807, 2.05) is 11.9 Å². The quantitative estimate of drug-likeness (QED) is 0.717. The second-order valence-electron chi connectivity index (χ2n) is 10.4. The number of carbonyl (C=O) groups excluding carboxylic acids is 1. The standard InChI is InChI=1S/C22H36ClNO2/c1-21-10-8-15(25)12-14(21)4-5-16-17-6-7-19(24(3)20(26)13-23)22(17,2)11-9-18(16)21/h14-19,25H,4-13H2,1-3H3/t14-,15+,16-,17+,18-,19+,21-,22-/m0/s1. The number of amides is 1. The van der Waals surface area contributed by atoms with Gasteiger partial charge >= 0.3 is 0 Å². The number of rotatable bonds is 2. The smallest absolute Gasteiger partial charge is 0.237 e. The maximum absolute atomic E-state index is 12.2. The van der Waals surface area contributed by atoms with Gasteiger partial charge in [0.25, 0.3) is 0 Å². The van der Waals surface area contributed by atoms with Crippen LogP contribution in [0.3, 0.4) is 0 Å². The lowest BCUT2D eigenvalue weighted by Crippen LogP contribution is -2.56. The predicted molar refractivity (Wildman–Crippen MR) is 105 cm³/mol. The summed E-state index contributed by atoms with van der Waals surface area (Å²) in [5.41, 5.74) is 0.689. The molecule has 1 N–H and O–H groups in total. The van der Waals surface area contributed by atoms with Crippen molar-refractivity contribution in [2.45, 2.75) is 83.8 Å². The molecule has 148 valence electrons.